The van der Waals surface area contributed by atoms with Crippen molar-refractivity contribution in [2.75, 3.05) is 6.61 Å². The van der Waals surface area contributed by atoms with Gasteiger partial charge in [0.05, 0.1) is 17.0 Å². The summed E-state index contributed by atoms with van der Waals surface area (Å²) in [4.78, 5) is 22.4. The summed E-state index contributed by atoms with van der Waals surface area (Å²) in [6.45, 7) is 6.04. The van der Waals surface area contributed by atoms with E-state index < -0.39 is 17.9 Å². The van der Waals surface area contributed by atoms with E-state index in [1.54, 1.807) is 6.08 Å². The first-order valence-electron chi connectivity index (χ1n) is 5.59. The van der Waals surface area contributed by atoms with Crippen LogP contribution in [0.1, 0.15) is 27.2 Å². The molecule has 1 fully saturated rings. The minimum absolute atomic E-state index is 0.122. The molecule has 1 rings (SSSR count). The molecule has 0 bridgehead atoms. The monoisotopic (exact) mass is 304 g/mol. The van der Waals surface area contributed by atoms with Crippen molar-refractivity contribution in [3.63, 3.8) is 0 Å². The molecule has 96 valence electrons. The van der Waals surface area contributed by atoms with Crippen LogP contribution in [-0.4, -0.2) is 23.7 Å². The van der Waals surface area contributed by atoms with Crippen LogP contribution in [0.2, 0.25) is 0 Å². The molecule has 0 amide bonds. The number of hydrogen-bond acceptors (Lipinski definition) is 3. The minimum Gasteiger partial charge on any atom is -0.481 e. The van der Waals surface area contributed by atoms with Crippen LogP contribution in [0.25, 0.3) is 0 Å². The van der Waals surface area contributed by atoms with Gasteiger partial charge in [-0.05, 0) is 33.7 Å². The van der Waals surface area contributed by atoms with E-state index in [0.717, 1.165) is 6.42 Å². The molecule has 1 aliphatic rings. The molecule has 0 aromatic rings. The molecule has 0 radical (unpaired) electrons. The van der Waals surface area contributed by atoms with Gasteiger partial charge in [0, 0.05) is 0 Å². The summed E-state index contributed by atoms with van der Waals surface area (Å²) < 4.78 is 5.26. The number of carboxylic acids is 1. The Bertz CT molecular complexity index is 360. The molecular weight excluding hydrogens is 288 g/mol. The molecule has 0 saturated heterocycles. The number of ether oxygens (including phenoxy) is 1. The van der Waals surface area contributed by atoms with Gasteiger partial charge >= 0.3 is 11.9 Å². The van der Waals surface area contributed by atoms with Crippen LogP contribution in [0, 0.1) is 17.3 Å². The van der Waals surface area contributed by atoms with Crippen molar-refractivity contribution in [2.24, 2.45) is 17.3 Å². The van der Waals surface area contributed by atoms with E-state index in [1.165, 1.54) is 0 Å². The van der Waals surface area contributed by atoms with Crippen molar-refractivity contribution < 1.29 is 19.4 Å². The molecular formula is C12H17BrO4. The van der Waals surface area contributed by atoms with Crippen LogP contribution in [0.15, 0.2) is 10.6 Å². The van der Waals surface area contributed by atoms with Gasteiger partial charge in [-0.2, -0.15) is 0 Å². The summed E-state index contributed by atoms with van der Waals surface area (Å²) in [6.07, 6.45) is 2.41. The lowest BCUT2D eigenvalue weighted by molar-refractivity contribution is -0.140. The van der Waals surface area contributed by atoms with Crippen molar-refractivity contribution in [3.8, 4) is 0 Å². The van der Waals surface area contributed by atoms with Crippen LogP contribution in [0.5, 0.6) is 0 Å². The molecule has 1 saturated carbocycles. The first kappa shape index (κ1) is 14.2. The SMILES string of the molecule is CCCOC(=O)/C(Br)=C\[C@H]1[C@@H](C(=O)O)C1(C)C. The maximum Gasteiger partial charge on any atom is 0.344 e. The second kappa shape index (κ2) is 5.21. The highest BCUT2D eigenvalue weighted by atomic mass is 79.9. The molecule has 1 aliphatic carbocycles. The second-order valence-electron chi connectivity index (χ2n) is 4.81. The lowest BCUT2D eigenvalue weighted by Gasteiger charge is -2.02. The number of esters is 1. The van der Waals surface area contributed by atoms with E-state index in [9.17, 15) is 9.59 Å². The molecule has 0 spiro atoms. The van der Waals surface area contributed by atoms with Gasteiger partial charge in [-0.3, -0.25) is 4.79 Å². The van der Waals surface area contributed by atoms with Gasteiger partial charge in [-0.1, -0.05) is 26.8 Å². The molecule has 0 aliphatic heterocycles. The lowest BCUT2D eigenvalue weighted by Crippen LogP contribution is -2.05. The maximum absolute atomic E-state index is 11.5. The first-order valence-corrected chi connectivity index (χ1v) is 6.39. The lowest BCUT2D eigenvalue weighted by atomic mass is 10.1. The zero-order chi connectivity index (χ0) is 13.2. The van der Waals surface area contributed by atoms with Crippen molar-refractivity contribution in [1.29, 1.82) is 0 Å². The fraction of sp³-hybridized carbons (Fsp3) is 0.667. The van der Waals surface area contributed by atoms with Gasteiger partial charge in [0.1, 0.15) is 0 Å². The molecule has 0 heterocycles. The number of allylic oxidation sites excluding steroid dienone is 1. The largest absolute Gasteiger partial charge is 0.481 e. The summed E-state index contributed by atoms with van der Waals surface area (Å²) >= 11 is 3.14. The fourth-order valence-corrected chi connectivity index (χ4v) is 2.35. The highest BCUT2D eigenvalue weighted by Crippen LogP contribution is 2.59. The number of halogens is 1. The van der Waals surface area contributed by atoms with Crippen LogP contribution < -0.4 is 0 Å². The molecule has 17 heavy (non-hydrogen) atoms. The van der Waals surface area contributed by atoms with Crippen LogP contribution >= 0.6 is 15.9 Å². The van der Waals surface area contributed by atoms with Crippen molar-refractivity contribution in [2.45, 2.75) is 27.2 Å². The van der Waals surface area contributed by atoms with E-state index in [0.29, 0.717) is 11.1 Å². The zero-order valence-corrected chi connectivity index (χ0v) is 11.8. The molecule has 0 unspecified atom stereocenters. The standard InChI is InChI=1S/C12H17BrO4/c1-4-5-17-11(16)8(13)6-7-9(10(14)15)12(7,2)3/h6-7,9H,4-5H2,1-3H3,(H,14,15)/b8-6+/t7-,9-/m0/s1. The Morgan fingerprint density at radius 1 is 1.47 bits per heavy atom. The van der Waals surface area contributed by atoms with Crippen LogP contribution in [-0.2, 0) is 14.3 Å². The molecule has 2 atom stereocenters. The highest BCUT2D eigenvalue weighted by Gasteiger charge is 2.61. The Labute approximate surface area is 109 Å². The van der Waals surface area contributed by atoms with E-state index in [-0.39, 0.29) is 11.3 Å². The van der Waals surface area contributed by atoms with Crippen molar-refractivity contribution >= 4 is 27.9 Å². The van der Waals surface area contributed by atoms with Crippen molar-refractivity contribution in [1.82, 2.24) is 0 Å². The number of rotatable bonds is 5. The third-order valence-electron chi connectivity index (χ3n) is 3.13. The van der Waals surface area contributed by atoms with Crippen LogP contribution in [0.4, 0.5) is 0 Å². The fourth-order valence-electron chi connectivity index (χ4n) is 1.95. The number of carbonyl (C=O) groups is 2. The minimum atomic E-state index is -0.821. The Morgan fingerprint density at radius 3 is 2.47 bits per heavy atom. The normalized spacial score (nSPS) is 26.5. The van der Waals surface area contributed by atoms with Gasteiger partial charge in [-0.25, -0.2) is 4.79 Å². The molecule has 5 heteroatoms. The number of aliphatic carboxylic acids is 1. The zero-order valence-electron chi connectivity index (χ0n) is 10.2. The highest BCUT2D eigenvalue weighted by molar-refractivity contribution is 9.12. The van der Waals surface area contributed by atoms with Gasteiger partial charge < -0.3 is 9.84 Å². The summed E-state index contributed by atoms with van der Waals surface area (Å²) in [6, 6.07) is 0. The van der Waals surface area contributed by atoms with Gasteiger partial charge in [-0.15, -0.1) is 0 Å². The van der Waals surface area contributed by atoms with E-state index in [2.05, 4.69) is 15.9 Å². The Kier molecular flexibility index (Phi) is 4.36. The summed E-state index contributed by atoms with van der Waals surface area (Å²) in [5.74, 6) is -1.80. The molecule has 1 N–H and O–H groups in total. The molecule has 4 nitrogen and oxygen atoms in total. The predicted octanol–water partition coefficient (Wildman–Crippen LogP) is 2.58. The Balaban J connectivity index is 2.65. The van der Waals surface area contributed by atoms with Crippen molar-refractivity contribution in [3.05, 3.63) is 10.6 Å². The van der Waals surface area contributed by atoms with Crippen LogP contribution in [0.3, 0.4) is 0 Å². The summed E-state index contributed by atoms with van der Waals surface area (Å²) in [5.41, 5.74) is -0.296. The van der Waals surface area contributed by atoms with Gasteiger partial charge in [0.15, 0.2) is 0 Å². The third kappa shape index (κ3) is 3.09. The first-order chi connectivity index (χ1) is 7.82. The van der Waals surface area contributed by atoms with E-state index >= 15 is 0 Å². The number of carboxylic acid groups (broad SMARTS) is 1. The maximum atomic E-state index is 11.5. The summed E-state index contributed by atoms with van der Waals surface area (Å²) in [5, 5.41) is 8.99. The van der Waals surface area contributed by atoms with E-state index in [4.69, 9.17) is 9.84 Å². The van der Waals surface area contributed by atoms with Gasteiger partial charge in [0.2, 0.25) is 0 Å². The smallest absolute Gasteiger partial charge is 0.344 e. The predicted molar refractivity (Wildman–Crippen MR) is 66.7 cm³/mol. The average molecular weight is 305 g/mol. The molecule has 0 aromatic carbocycles. The second-order valence-corrected chi connectivity index (χ2v) is 5.67. The summed E-state index contributed by atoms with van der Waals surface area (Å²) in [7, 11) is 0. The van der Waals surface area contributed by atoms with Gasteiger partial charge in [0.25, 0.3) is 0 Å². The number of hydrogen-bond donors (Lipinski definition) is 1. The topological polar surface area (TPSA) is 63.6 Å². The number of carbonyl (C=O) groups excluding carboxylic acids is 1. The molecule has 0 aromatic heterocycles. The van der Waals surface area contributed by atoms with E-state index in [1.807, 2.05) is 20.8 Å². The Hall–Kier alpha value is -0.840. The average Bonchev–Trinajstić information content (AvgIpc) is 2.76. The quantitative estimate of drug-likeness (QED) is 0.626. The Morgan fingerprint density at radius 2 is 2.06 bits per heavy atom. The third-order valence-corrected chi connectivity index (χ3v) is 3.72.